The maximum absolute atomic E-state index is 10.6. The molecule has 1 rings (SSSR count). The third-order valence-corrected chi connectivity index (χ3v) is 1.87. The average Bonchev–Trinajstić information content (AvgIpc) is 2.06. The molecule has 0 fully saturated rings. The fourth-order valence-electron chi connectivity index (χ4n) is 0.948. The molecule has 0 spiro atoms. The van der Waals surface area contributed by atoms with Crippen molar-refractivity contribution < 1.29 is 4.79 Å². The summed E-state index contributed by atoms with van der Waals surface area (Å²) >= 11 is 5.21. The van der Waals surface area contributed by atoms with E-state index in [4.69, 9.17) is 17.3 Å². The third-order valence-electron chi connectivity index (χ3n) is 1.59. The van der Waals surface area contributed by atoms with E-state index in [9.17, 15) is 4.79 Å². The van der Waals surface area contributed by atoms with E-state index in [2.05, 4.69) is 0 Å². The van der Waals surface area contributed by atoms with Crippen LogP contribution in [0, 0.1) is 0 Å². The van der Waals surface area contributed by atoms with Gasteiger partial charge in [-0.3, -0.25) is 4.79 Å². The summed E-state index contributed by atoms with van der Waals surface area (Å²) in [7, 11) is 0. The monoisotopic (exact) mass is 183 g/mol. The van der Waals surface area contributed by atoms with E-state index >= 15 is 0 Å². The van der Waals surface area contributed by atoms with Gasteiger partial charge in [0.2, 0.25) is 5.24 Å². The maximum atomic E-state index is 10.6. The van der Waals surface area contributed by atoms with Gasteiger partial charge in [-0.1, -0.05) is 30.3 Å². The summed E-state index contributed by atoms with van der Waals surface area (Å²) in [4.78, 5) is 10.6. The molecule has 64 valence electrons. The number of hydrogen-bond acceptors (Lipinski definition) is 2. The summed E-state index contributed by atoms with van der Waals surface area (Å²) in [5.41, 5.74) is 6.49. The minimum absolute atomic E-state index is 0.487. The van der Waals surface area contributed by atoms with Crippen LogP contribution in [0.1, 0.15) is 5.56 Å². The number of carbonyl (C=O) groups excluding carboxylic acids is 1. The van der Waals surface area contributed by atoms with Crippen molar-refractivity contribution in [3.8, 4) is 0 Å². The third kappa shape index (κ3) is 2.64. The van der Waals surface area contributed by atoms with E-state index in [-0.39, 0.29) is 0 Å². The first-order chi connectivity index (χ1) is 5.70. The van der Waals surface area contributed by atoms with Crippen LogP contribution in [-0.4, -0.2) is 11.3 Å². The Morgan fingerprint density at radius 1 is 1.42 bits per heavy atom. The highest BCUT2D eigenvalue weighted by Crippen LogP contribution is 2.03. The molecule has 0 amide bonds. The van der Waals surface area contributed by atoms with Gasteiger partial charge in [0.15, 0.2) is 0 Å². The molecule has 2 nitrogen and oxygen atoms in total. The Bertz CT molecular complexity index is 260. The van der Waals surface area contributed by atoms with Gasteiger partial charge in [-0.2, -0.15) is 0 Å². The molecule has 0 radical (unpaired) electrons. The van der Waals surface area contributed by atoms with Gasteiger partial charge in [-0.25, -0.2) is 0 Å². The highest BCUT2D eigenvalue weighted by atomic mass is 35.5. The first-order valence-electron chi connectivity index (χ1n) is 3.69. The van der Waals surface area contributed by atoms with Crippen LogP contribution in [0.2, 0.25) is 0 Å². The van der Waals surface area contributed by atoms with Gasteiger partial charge in [0, 0.05) is 0 Å². The molecule has 0 aliphatic carbocycles. The zero-order valence-corrected chi connectivity index (χ0v) is 7.29. The second-order valence-electron chi connectivity index (χ2n) is 2.60. The standard InChI is InChI=1S/C9H10ClNO/c10-9(12)8(11)6-7-4-2-1-3-5-7/h1-5,8H,6,11H2. The Morgan fingerprint density at radius 2 is 2.00 bits per heavy atom. The number of hydrogen-bond donors (Lipinski definition) is 1. The predicted octanol–water partition coefficient (Wildman–Crippen LogP) is 1.32. The first-order valence-corrected chi connectivity index (χ1v) is 4.07. The quantitative estimate of drug-likeness (QED) is 0.719. The number of benzene rings is 1. The summed E-state index contributed by atoms with van der Waals surface area (Å²) in [6, 6.07) is 8.97. The number of carbonyl (C=O) groups is 1. The van der Waals surface area contributed by atoms with E-state index in [0.717, 1.165) is 5.56 Å². The molecule has 0 saturated carbocycles. The lowest BCUT2D eigenvalue weighted by Gasteiger charge is -2.04. The SMILES string of the molecule is NC(Cc1ccccc1)C(=O)Cl. The van der Waals surface area contributed by atoms with Gasteiger partial charge < -0.3 is 5.73 Å². The van der Waals surface area contributed by atoms with Crippen LogP contribution >= 0.6 is 11.6 Å². The number of rotatable bonds is 3. The molecule has 1 atom stereocenters. The van der Waals surface area contributed by atoms with Crippen molar-refractivity contribution in [3.63, 3.8) is 0 Å². The topological polar surface area (TPSA) is 43.1 Å². The van der Waals surface area contributed by atoms with Crippen molar-refractivity contribution in [1.82, 2.24) is 0 Å². The molecule has 12 heavy (non-hydrogen) atoms. The largest absolute Gasteiger partial charge is 0.320 e. The fraction of sp³-hybridized carbons (Fsp3) is 0.222. The summed E-state index contributed by atoms with van der Waals surface area (Å²) in [5, 5.41) is -0.487. The highest BCUT2D eigenvalue weighted by Gasteiger charge is 2.09. The van der Waals surface area contributed by atoms with Crippen molar-refractivity contribution >= 4 is 16.8 Å². The van der Waals surface area contributed by atoms with Crippen molar-refractivity contribution in [2.45, 2.75) is 12.5 Å². The van der Waals surface area contributed by atoms with Crippen molar-refractivity contribution in [1.29, 1.82) is 0 Å². The zero-order chi connectivity index (χ0) is 8.97. The molecule has 2 N–H and O–H groups in total. The van der Waals surface area contributed by atoms with Gasteiger partial charge >= 0.3 is 0 Å². The van der Waals surface area contributed by atoms with Crippen LogP contribution in [0.25, 0.3) is 0 Å². The Kier molecular flexibility index (Phi) is 3.26. The lowest BCUT2D eigenvalue weighted by Crippen LogP contribution is -2.29. The molecule has 0 aliphatic heterocycles. The Hall–Kier alpha value is -0.860. The van der Waals surface area contributed by atoms with Crippen LogP contribution in [0.15, 0.2) is 30.3 Å². The molecule has 0 saturated heterocycles. The van der Waals surface area contributed by atoms with Crippen LogP contribution in [0.3, 0.4) is 0 Å². The highest BCUT2D eigenvalue weighted by molar-refractivity contribution is 6.64. The van der Waals surface area contributed by atoms with Crippen molar-refractivity contribution in [2.24, 2.45) is 5.73 Å². The van der Waals surface area contributed by atoms with E-state index in [1.165, 1.54) is 0 Å². The molecule has 3 heteroatoms. The van der Waals surface area contributed by atoms with E-state index in [1.54, 1.807) is 0 Å². The second kappa shape index (κ2) is 4.24. The molecule has 0 bridgehead atoms. The van der Waals surface area contributed by atoms with Gasteiger partial charge in [-0.05, 0) is 23.6 Å². The van der Waals surface area contributed by atoms with E-state index < -0.39 is 11.3 Å². The van der Waals surface area contributed by atoms with Gasteiger partial charge in [0.25, 0.3) is 0 Å². The lowest BCUT2D eigenvalue weighted by atomic mass is 10.1. The Balaban J connectivity index is 2.58. The molecule has 0 heterocycles. The molecule has 0 aliphatic rings. The fourth-order valence-corrected chi connectivity index (χ4v) is 1.03. The second-order valence-corrected chi connectivity index (χ2v) is 2.97. The molecule has 0 aromatic heterocycles. The van der Waals surface area contributed by atoms with Crippen molar-refractivity contribution in [3.05, 3.63) is 35.9 Å². The van der Waals surface area contributed by atoms with Crippen LogP contribution in [0.4, 0.5) is 0 Å². The zero-order valence-electron chi connectivity index (χ0n) is 6.53. The predicted molar refractivity (Wildman–Crippen MR) is 49.0 cm³/mol. The minimum Gasteiger partial charge on any atom is -0.320 e. The van der Waals surface area contributed by atoms with E-state index in [0.29, 0.717) is 6.42 Å². The average molecular weight is 184 g/mol. The Morgan fingerprint density at radius 3 is 2.50 bits per heavy atom. The summed E-state index contributed by atoms with van der Waals surface area (Å²) in [6.45, 7) is 0. The Labute approximate surface area is 76.3 Å². The molecule has 1 unspecified atom stereocenters. The smallest absolute Gasteiger partial charge is 0.238 e. The molecule has 1 aromatic carbocycles. The van der Waals surface area contributed by atoms with Crippen LogP contribution in [0.5, 0.6) is 0 Å². The number of nitrogens with two attached hydrogens (primary N) is 1. The van der Waals surface area contributed by atoms with Gasteiger partial charge in [0.05, 0.1) is 6.04 Å². The van der Waals surface area contributed by atoms with Crippen molar-refractivity contribution in [2.75, 3.05) is 0 Å². The number of halogens is 1. The summed E-state index contributed by atoms with van der Waals surface area (Å²) < 4.78 is 0. The molecular weight excluding hydrogens is 174 g/mol. The summed E-state index contributed by atoms with van der Waals surface area (Å²) in [6.07, 6.45) is 0.503. The summed E-state index contributed by atoms with van der Waals surface area (Å²) in [5.74, 6) is 0. The minimum atomic E-state index is -0.589. The molecular formula is C9H10ClNO. The van der Waals surface area contributed by atoms with E-state index in [1.807, 2.05) is 30.3 Å². The lowest BCUT2D eigenvalue weighted by molar-refractivity contribution is -0.112. The normalized spacial score (nSPS) is 12.5. The molecule has 1 aromatic rings. The van der Waals surface area contributed by atoms with Crippen LogP contribution < -0.4 is 5.73 Å². The van der Waals surface area contributed by atoms with Gasteiger partial charge in [-0.15, -0.1) is 0 Å². The maximum Gasteiger partial charge on any atom is 0.238 e. The van der Waals surface area contributed by atoms with Gasteiger partial charge in [0.1, 0.15) is 0 Å². The van der Waals surface area contributed by atoms with Crippen LogP contribution in [-0.2, 0) is 11.2 Å². The first kappa shape index (κ1) is 9.23.